The lowest BCUT2D eigenvalue weighted by atomic mass is 10.0. The van der Waals surface area contributed by atoms with Crippen molar-refractivity contribution in [2.45, 2.75) is 68.2 Å². The van der Waals surface area contributed by atoms with Crippen molar-refractivity contribution in [3.05, 3.63) is 11.9 Å². The van der Waals surface area contributed by atoms with E-state index < -0.39 is 109 Å². The summed E-state index contributed by atoms with van der Waals surface area (Å²) in [5.74, 6) is -6.32. The van der Waals surface area contributed by atoms with Gasteiger partial charge in [0.25, 0.3) is 5.91 Å². The van der Waals surface area contributed by atoms with Gasteiger partial charge in [0.15, 0.2) is 12.2 Å². The van der Waals surface area contributed by atoms with Gasteiger partial charge in [0, 0.05) is 38.2 Å². The van der Waals surface area contributed by atoms with Crippen LogP contribution in [0.2, 0.25) is 0 Å². The largest absolute Gasteiger partial charge is 0.394 e. The second-order valence-electron chi connectivity index (χ2n) is 10.8. The van der Waals surface area contributed by atoms with Crippen LogP contribution in [0.1, 0.15) is 25.7 Å². The highest BCUT2D eigenvalue weighted by molar-refractivity contribution is 6.02. The van der Waals surface area contributed by atoms with Crippen molar-refractivity contribution in [3.63, 3.8) is 0 Å². The molecule has 7 atom stereocenters. The number of guanidine groups is 1. The molecule has 2 aliphatic heterocycles. The summed E-state index contributed by atoms with van der Waals surface area (Å²) in [5, 5.41) is 38.5. The third-order valence-corrected chi connectivity index (χ3v) is 6.96. The number of aliphatic hydroxyl groups excluding tert-OH is 2. The number of nitrogens with one attached hydrogen (secondary N) is 8. The molecular formula is C25H44N14O9. The normalized spacial score (nSPS) is 27.6. The van der Waals surface area contributed by atoms with Gasteiger partial charge in [-0.1, -0.05) is 0 Å². The lowest BCUT2D eigenvalue weighted by Crippen LogP contribution is -2.65. The molecule has 0 saturated carbocycles. The first kappa shape index (κ1) is 39.1. The van der Waals surface area contributed by atoms with Crippen LogP contribution >= 0.6 is 0 Å². The average molecular weight is 685 g/mol. The molecule has 1 saturated heterocycles. The average Bonchev–Trinajstić information content (AvgIpc) is 3.02. The number of urea groups is 1. The zero-order chi connectivity index (χ0) is 36.0. The van der Waals surface area contributed by atoms with Crippen molar-refractivity contribution in [1.82, 2.24) is 42.5 Å². The number of rotatable bonds is 10. The second-order valence-corrected chi connectivity index (χ2v) is 10.8. The van der Waals surface area contributed by atoms with Crippen molar-refractivity contribution in [2.24, 2.45) is 33.7 Å². The molecule has 2 aliphatic rings. The zero-order valence-corrected chi connectivity index (χ0v) is 25.9. The highest BCUT2D eigenvalue weighted by Gasteiger charge is 2.37. The van der Waals surface area contributed by atoms with Crippen LogP contribution in [0.3, 0.4) is 0 Å². The highest BCUT2D eigenvalue weighted by Crippen LogP contribution is 2.11. The van der Waals surface area contributed by atoms with Crippen molar-refractivity contribution < 1.29 is 43.8 Å². The zero-order valence-electron chi connectivity index (χ0n) is 25.9. The number of nitrogens with two attached hydrogens (primary N) is 5. The van der Waals surface area contributed by atoms with Crippen molar-refractivity contribution >= 4 is 47.4 Å². The van der Waals surface area contributed by atoms with Gasteiger partial charge in [-0.25, -0.2) is 9.79 Å². The maximum atomic E-state index is 13.6. The van der Waals surface area contributed by atoms with Crippen LogP contribution in [-0.4, -0.2) is 126 Å². The number of aliphatic imine (C=N–C) groups is 1. The molecule has 268 valence electrons. The first-order valence-corrected chi connectivity index (χ1v) is 14.8. The number of carbonyl (C=O) groups is 7. The lowest BCUT2D eigenvalue weighted by molar-refractivity contribution is -0.135. The summed E-state index contributed by atoms with van der Waals surface area (Å²) >= 11 is 0. The Balaban J connectivity index is 2.54. The Morgan fingerprint density at radius 1 is 1.00 bits per heavy atom. The highest BCUT2D eigenvalue weighted by atomic mass is 16.3. The van der Waals surface area contributed by atoms with Crippen molar-refractivity contribution in [2.75, 3.05) is 26.2 Å². The Morgan fingerprint density at radius 3 is 2.29 bits per heavy atom. The van der Waals surface area contributed by atoms with Crippen molar-refractivity contribution in [3.8, 4) is 0 Å². The molecule has 2 rings (SSSR count). The van der Waals surface area contributed by atoms with Gasteiger partial charge < -0.3 is 81.4 Å². The fourth-order valence-corrected chi connectivity index (χ4v) is 4.50. The molecule has 23 nitrogen and oxygen atoms in total. The molecule has 20 N–H and O–H groups in total. The number of hydrogen-bond donors (Lipinski definition) is 15. The summed E-state index contributed by atoms with van der Waals surface area (Å²) in [5.41, 5.74) is 27.3. The standard InChI is InChI=1S/C25H44N14O9/c26-3-1-2-10(28)4-16(41)33-13-7-31-23(47)18(11-5-17(42)38-24(29)37-11)39-21(45)14(8-32-25(30)48)35-19(43)12(6-27)34-22(46)15(9-40)36-20(13)44/h8,10-13,15,17-18,40,42H,1-7,9,26-28H2,(H,31,47)(H,33,41)(H,34,46)(H,35,43)(H,36,44)(H,39,45)(H3,29,37,38)(H3,30,32,48)/t10-,11?,12-,13-,15-,17+,18-/m0/s1. The molecule has 0 aromatic heterocycles. The molecule has 8 amide bonds. The molecule has 1 unspecified atom stereocenters. The molecule has 0 bridgehead atoms. The van der Waals surface area contributed by atoms with E-state index in [1.54, 1.807) is 0 Å². The summed E-state index contributed by atoms with van der Waals surface area (Å²) in [6.45, 7) is -1.79. The minimum absolute atomic E-state index is 0.232. The Hall–Kier alpha value is -5.10. The maximum Gasteiger partial charge on any atom is 0.316 e. The van der Waals surface area contributed by atoms with E-state index in [-0.39, 0.29) is 18.8 Å². The smallest absolute Gasteiger partial charge is 0.316 e. The first-order chi connectivity index (χ1) is 22.7. The Morgan fingerprint density at radius 2 is 1.69 bits per heavy atom. The van der Waals surface area contributed by atoms with Gasteiger partial charge >= 0.3 is 6.03 Å². The fourth-order valence-electron chi connectivity index (χ4n) is 4.50. The Labute approximate surface area is 274 Å². The minimum Gasteiger partial charge on any atom is -0.394 e. The number of hydrogen-bond acceptors (Lipinski definition) is 15. The van der Waals surface area contributed by atoms with Gasteiger partial charge in [0.05, 0.1) is 12.6 Å². The third kappa shape index (κ3) is 12.3. The lowest BCUT2D eigenvalue weighted by Gasteiger charge is -2.33. The van der Waals surface area contributed by atoms with Crippen LogP contribution < -0.4 is 71.2 Å². The molecule has 0 aromatic carbocycles. The second kappa shape index (κ2) is 18.9. The Bertz CT molecular complexity index is 1280. The van der Waals surface area contributed by atoms with Gasteiger partial charge in [-0.3, -0.25) is 28.8 Å². The molecule has 0 spiro atoms. The summed E-state index contributed by atoms with van der Waals surface area (Å²) in [7, 11) is 0. The van der Waals surface area contributed by atoms with Crippen LogP contribution in [0.25, 0.3) is 0 Å². The van der Waals surface area contributed by atoms with Gasteiger partial charge in [0.1, 0.15) is 29.9 Å². The molecule has 0 aliphatic carbocycles. The van der Waals surface area contributed by atoms with Gasteiger partial charge in [0.2, 0.25) is 29.5 Å². The SMILES string of the molecule is NCCC[C@H](N)CC(=O)N[C@H]1CNC(=O)[C@H](C2C[C@@H](O)N=C(N)N2)NC(=O)C(=CNC(N)=O)NC(=O)[C@H](CN)NC(=O)[C@H](CO)NC1=O. The van der Waals surface area contributed by atoms with Crippen LogP contribution in [0, 0.1) is 0 Å². The van der Waals surface area contributed by atoms with Gasteiger partial charge in [-0.05, 0) is 19.4 Å². The molecule has 48 heavy (non-hydrogen) atoms. The number of aliphatic hydroxyl groups is 2. The monoisotopic (exact) mass is 684 g/mol. The molecule has 1 fully saturated rings. The third-order valence-electron chi connectivity index (χ3n) is 6.96. The van der Waals surface area contributed by atoms with Crippen LogP contribution in [0.5, 0.6) is 0 Å². The van der Waals surface area contributed by atoms with E-state index in [0.717, 1.165) is 0 Å². The van der Waals surface area contributed by atoms with E-state index in [1.165, 1.54) is 0 Å². The van der Waals surface area contributed by atoms with Gasteiger partial charge in [-0.2, -0.15) is 0 Å². The summed E-state index contributed by atoms with van der Waals surface area (Å²) < 4.78 is 0. The van der Waals surface area contributed by atoms with Crippen LogP contribution in [0.15, 0.2) is 16.9 Å². The quantitative estimate of drug-likeness (QED) is 0.0950. The molecule has 0 aromatic rings. The number of carbonyl (C=O) groups excluding carboxylic acids is 7. The van der Waals surface area contributed by atoms with Crippen LogP contribution in [0.4, 0.5) is 4.79 Å². The maximum absolute atomic E-state index is 13.6. The molecule has 2 heterocycles. The van der Waals surface area contributed by atoms with Crippen LogP contribution in [-0.2, 0) is 28.8 Å². The molecule has 0 radical (unpaired) electrons. The minimum atomic E-state index is -1.67. The first-order valence-electron chi connectivity index (χ1n) is 14.8. The van der Waals surface area contributed by atoms with E-state index in [4.69, 9.17) is 28.7 Å². The molecule has 23 heteroatoms. The number of amides is 8. The summed E-state index contributed by atoms with van der Waals surface area (Å²) in [4.78, 5) is 94.2. The topological polar surface area (TPSA) is 399 Å². The summed E-state index contributed by atoms with van der Waals surface area (Å²) in [6.07, 6.45) is -0.235. The van der Waals surface area contributed by atoms with E-state index in [2.05, 4.69) is 42.2 Å². The number of primary amides is 1. The Kier molecular flexibility index (Phi) is 15.4. The summed E-state index contributed by atoms with van der Waals surface area (Å²) in [6, 6.07) is -9.28. The van der Waals surface area contributed by atoms with E-state index in [0.29, 0.717) is 25.6 Å². The van der Waals surface area contributed by atoms with Crippen molar-refractivity contribution in [1.29, 1.82) is 0 Å². The predicted octanol–water partition coefficient (Wildman–Crippen LogP) is -8.92. The van der Waals surface area contributed by atoms with E-state index >= 15 is 0 Å². The van der Waals surface area contributed by atoms with E-state index in [1.807, 2.05) is 5.32 Å². The number of nitrogens with zero attached hydrogens (tertiary/aromatic N) is 1. The fraction of sp³-hybridized carbons (Fsp3) is 0.600. The molecular weight excluding hydrogens is 640 g/mol. The van der Waals surface area contributed by atoms with E-state index in [9.17, 15) is 43.8 Å². The van der Waals surface area contributed by atoms with Gasteiger partial charge in [-0.15, -0.1) is 0 Å². The predicted molar refractivity (Wildman–Crippen MR) is 166 cm³/mol.